The van der Waals surface area contributed by atoms with E-state index < -0.39 is 30.3 Å². The fourth-order valence-corrected chi connectivity index (χ4v) is 5.46. The van der Waals surface area contributed by atoms with Gasteiger partial charge in [0.05, 0.1) is 11.9 Å². The predicted molar refractivity (Wildman–Crippen MR) is 134 cm³/mol. The van der Waals surface area contributed by atoms with Gasteiger partial charge in [0.1, 0.15) is 12.5 Å². The van der Waals surface area contributed by atoms with Gasteiger partial charge in [0.25, 0.3) is 0 Å². The Morgan fingerprint density at radius 1 is 1.03 bits per heavy atom. The topological polar surface area (TPSA) is 110 Å². The molecule has 0 aromatic rings. The molecule has 3 N–H and O–H groups in total. The summed E-state index contributed by atoms with van der Waals surface area (Å²) in [5, 5.41) is 2.86. The fourth-order valence-electron chi connectivity index (χ4n) is 5.46. The molecule has 198 valence electrons. The summed E-state index contributed by atoms with van der Waals surface area (Å²) < 4.78 is 13.2. The molecule has 0 aromatic carbocycles. The van der Waals surface area contributed by atoms with Crippen LogP contribution >= 0.6 is 0 Å². The Bertz CT molecular complexity index is 764. The zero-order valence-electron chi connectivity index (χ0n) is 21.5. The first-order valence-corrected chi connectivity index (χ1v) is 13.3. The zero-order chi connectivity index (χ0) is 26.0. The van der Waals surface area contributed by atoms with Gasteiger partial charge in [-0.3, -0.25) is 19.2 Å². The highest BCUT2D eigenvalue weighted by Crippen LogP contribution is 2.31. The molecule has 1 aliphatic heterocycles. The van der Waals surface area contributed by atoms with Crippen LogP contribution in [0.25, 0.3) is 0 Å². The molecule has 1 saturated heterocycles. The lowest BCUT2D eigenvalue weighted by Gasteiger charge is -2.31. The van der Waals surface area contributed by atoms with Gasteiger partial charge < -0.3 is 16.0 Å². The second-order valence-corrected chi connectivity index (χ2v) is 10.6. The van der Waals surface area contributed by atoms with Crippen molar-refractivity contribution < 1.29 is 23.6 Å². The standard InChI is InChI=1S/C27H44FN3O4/c1-18(2)22(16-24(32)20-9-5-4-6-10-20)27(35)31-14-8-12-23(31)25(33)15-21(26(34)17-28)11-7-13-30-19(3)29/h18,20-23,30H,3-17,29H2,1-2H3/t21-,22+,23+/m1/s1. The molecule has 8 heteroatoms. The number of likely N-dealkylation sites (tertiary alicyclic amines) is 1. The smallest absolute Gasteiger partial charge is 0.226 e. The lowest BCUT2D eigenvalue weighted by Crippen LogP contribution is -2.46. The summed E-state index contributed by atoms with van der Waals surface area (Å²) in [7, 11) is 0. The van der Waals surface area contributed by atoms with E-state index in [0.29, 0.717) is 44.6 Å². The summed E-state index contributed by atoms with van der Waals surface area (Å²) in [4.78, 5) is 53.5. The lowest BCUT2D eigenvalue weighted by molar-refractivity contribution is -0.144. The van der Waals surface area contributed by atoms with Crippen LogP contribution in [0.3, 0.4) is 0 Å². The van der Waals surface area contributed by atoms with E-state index in [-0.39, 0.29) is 42.2 Å². The van der Waals surface area contributed by atoms with Crippen LogP contribution in [0, 0.1) is 23.7 Å². The Hall–Kier alpha value is -2.25. The number of carbonyl (C=O) groups excluding carboxylic acids is 4. The maximum Gasteiger partial charge on any atom is 0.226 e. The molecule has 1 amide bonds. The Kier molecular flexibility index (Phi) is 11.9. The van der Waals surface area contributed by atoms with Crippen LogP contribution in [0.4, 0.5) is 4.39 Å². The number of hydrogen-bond acceptors (Lipinski definition) is 6. The lowest BCUT2D eigenvalue weighted by atomic mass is 9.80. The van der Waals surface area contributed by atoms with E-state index in [1.807, 2.05) is 13.8 Å². The van der Waals surface area contributed by atoms with Crippen LogP contribution in [0.2, 0.25) is 0 Å². The van der Waals surface area contributed by atoms with E-state index in [9.17, 15) is 23.6 Å². The number of amides is 1. The molecule has 0 unspecified atom stereocenters. The minimum atomic E-state index is -1.11. The maximum absolute atomic E-state index is 13.5. The van der Waals surface area contributed by atoms with Crippen molar-refractivity contribution in [1.82, 2.24) is 10.2 Å². The van der Waals surface area contributed by atoms with Crippen molar-refractivity contribution in [3.8, 4) is 0 Å². The first-order valence-electron chi connectivity index (χ1n) is 13.3. The van der Waals surface area contributed by atoms with Gasteiger partial charge in [-0.15, -0.1) is 0 Å². The number of nitrogens with two attached hydrogens (primary N) is 1. The minimum absolute atomic E-state index is 0.0166. The van der Waals surface area contributed by atoms with E-state index in [1.165, 1.54) is 6.42 Å². The van der Waals surface area contributed by atoms with Gasteiger partial charge in [-0.05, 0) is 44.4 Å². The quantitative estimate of drug-likeness (QED) is 0.337. The van der Waals surface area contributed by atoms with Crippen molar-refractivity contribution in [3.05, 3.63) is 12.4 Å². The summed E-state index contributed by atoms with van der Waals surface area (Å²) in [6, 6.07) is -0.606. The normalized spacial score (nSPS) is 20.5. The highest BCUT2D eigenvalue weighted by atomic mass is 19.1. The molecule has 2 aliphatic rings. The van der Waals surface area contributed by atoms with Gasteiger partial charge in [0.15, 0.2) is 11.6 Å². The van der Waals surface area contributed by atoms with E-state index >= 15 is 0 Å². The number of rotatable bonds is 15. The summed E-state index contributed by atoms with van der Waals surface area (Å²) in [6.45, 7) is 7.29. The highest BCUT2D eigenvalue weighted by molar-refractivity contribution is 5.95. The first kappa shape index (κ1) is 29.0. The van der Waals surface area contributed by atoms with Crippen LogP contribution < -0.4 is 11.1 Å². The van der Waals surface area contributed by atoms with Crippen molar-refractivity contribution in [1.29, 1.82) is 0 Å². The Balaban J connectivity index is 2.03. The molecule has 0 spiro atoms. The third-order valence-electron chi connectivity index (χ3n) is 7.63. The molecule has 0 aromatic heterocycles. The van der Waals surface area contributed by atoms with E-state index in [1.54, 1.807) is 4.90 Å². The highest BCUT2D eigenvalue weighted by Gasteiger charge is 2.40. The zero-order valence-corrected chi connectivity index (χ0v) is 21.5. The molecule has 2 fully saturated rings. The van der Waals surface area contributed by atoms with Gasteiger partial charge in [-0.2, -0.15) is 0 Å². The molecule has 7 nitrogen and oxygen atoms in total. The van der Waals surface area contributed by atoms with E-state index in [0.717, 1.165) is 25.7 Å². The van der Waals surface area contributed by atoms with Crippen molar-refractivity contribution in [2.75, 3.05) is 19.8 Å². The number of ketones is 3. The molecule has 1 aliphatic carbocycles. The van der Waals surface area contributed by atoms with Crippen molar-refractivity contribution in [3.63, 3.8) is 0 Å². The van der Waals surface area contributed by atoms with Gasteiger partial charge in [-0.25, -0.2) is 4.39 Å². The van der Waals surface area contributed by atoms with Crippen LogP contribution in [0.1, 0.15) is 84.5 Å². The SMILES string of the molecule is C=C(N)NCCC[C@H](CC(=O)[C@@H]1CCCN1C(=O)[C@@H](CC(=O)C1CCCCC1)C(C)C)C(=O)CF. The predicted octanol–water partition coefficient (Wildman–Crippen LogP) is 3.70. The minimum Gasteiger partial charge on any atom is -0.386 e. The number of alkyl halides is 1. The molecular formula is C27H44FN3O4. The second-order valence-electron chi connectivity index (χ2n) is 10.6. The molecular weight excluding hydrogens is 449 g/mol. The summed E-state index contributed by atoms with van der Waals surface area (Å²) in [5.74, 6) is -1.57. The Labute approximate surface area is 209 Å². The van der Waals surface area contributed by atoms with Crippen molar-refractivity contribution in [2.45, 2.75) is 90.5 Å². The van der Waals surface area contributed by atoms with Crippen LogP contribution in [0.15, 0.2) is 12.4 Å². The monoisotopic (exact) mass is 493 g/mol. The van der Waals surface area contributed by atoms with Crippen LogP contribution in [-0.4, -0.2) is 54.0 Å². The number of halogens is 1. The van der Waals surface area contributed by atoms with E-state index in [2.05, 4.69) is 11.9 Å². The number of Topliss-reactive ketones (excluding diaryl/α,β-unsaturated/α-hetero) is 3. The number of hydrogen-bond donors (Lipinski definition) is 2. The molecule has 0 bridgehead atoms. The number of nitrogens with one attached hydrogen (secondary N) is 1. The second kappa shape index (κ2) is 14.3. The average molecular weight is 494 g/mol. The Morgan fingerprint density at radius 2 is 1.71 bits per heavy atom. The average Bonchev–Trinajstić information content (AvgIpc) is 3.33. The summed E-state index contributed by atoms with van der Waals surface area (Å²) in [5.41, 5.74) is 5.48. The number of carbonyl (C=O) groups is 4. The summed E-state index contributed by atoms with van der Waals surface area (Å²) in [6.07, 6.45) is 7.40. The third kappa shape index (κ3) is 8.73. The van der Waals surface area contributed by atoms with Gasteiger partial charge in [0.2, 0.25) is 5.91 Å². The van der Waals surface area contributed by atoms with Gasteiger partial charge in [-0.1, -0.05) is 39.7 Å². The van der Waals surface area contributed by atoms with Crippen LogP contribution in [-0.2, 0) is 19.2 Å². The molecule has 0 radical (unpaired) electrons. The number of nitrogens with zero attached hydrogens (tertiary/aromatic N) is 1. The molecule has 35 heavy (non-hydrogen) atoms. The van der Waals surface area contributed by atoms with Crippen molar-refractivity contribution >= 4 is 23.3 Å². The third-order valence-corrected chi connectivity index (χ3v) is 7.63. The first-order chi connectivity index (χ1) is 16.6. The van der Waals surface area contributed by atoms with Gasteiger partial charge in [0, 0.05) is 43.7 Å². The summed E-state index contributed by atoms with van der Waals surface area (Å²) >= 11 is 0. The van der Waals surface area contributed by atoms with Crippen molar-refractivity contribution in [2.24, 2.45) is 29.4 Å². The fraction of sp³-hybridized carbons (Fsp3) is 0.778. The molecule has 2 rings (SSSR count). The Morgan fingerprint density at radius 3 is 2.31 bits per heavy atom. The maximum atomic E-state index is 13.5. The molecule has 3 atom stereocenters. The van der Waals surface area contributed by atoms with E-state index in [4.69, 9.17) is 5.73 Å². The largest absolute Gasteiger partial charge is 0.386 e. The van der Waals surface area contributed by atoms with Gasteiger partial charge >= 0.3 is 0 Å². The van der Waals surface area contributed by atoms with Crippen LogP contribution in [0.5, 0.6) is 0 Å². The molecule has 1 saturated carbocycles. The molecule has 1 heterocycles.